The summed E-state index contributed by atoms with van der Waals surface area (Å²) >= 11 is 3.08. The monoisotopic (exact) mass is 414 g/mol. The van der Waals surface area contributed by atoms with E-state index in [2.05, 4.69) is 30.1 Å². The number of thiophene rings is 1. The number of thioether (sulfide) groups is 1. The van der Waals surface area contributed by atoms with E-state index >= 15 is 0 Å². The van der Waals surface area contributed by atoms with Crippen molar-refractivity contribution in [1.29, 1.82) is 0 Å². The molecule has 0 N–H and O–H groups in total. The molecule has 0 saturated heterocycles. The predicted octanol–water partition coefficient (Wildman–Crippen LogP) is 4.45. The van der Waals surface area contributed by atoms with Gasteiger partial charge in [0.2, 0.25) is 5.78 Å². The van der Waals surface area contributed by atoms with Crippen LogP contribution in [0.5, 0.6) is 5.75 Å². The van der Waals surface area contributed by atoms with E-state index in [-0.39, 0.29) is 5.56 Å². The zero-order chi connectivity index (χ0) is 19.7. The first-order valence-corrected chi connectivity index (χ1v) is 11.1. The van der Waals surface area contributed by atoms with Gasteiger partial charge >= 0.3 is 0 Å². The third kappa shape index (κ3) is 3.54. The van der Waals surface area contributed by atoms with Crippen LogP contribution in [-0.4, -0.2) is 26.3 Å². The van der Waals surface area contributed by atoms with Crippen molar-refractivity contribution in [2.24, 2.45) is 5.92 Å². The van der Waals surface area contributed by atoms with Gasteiger partial charge in [0.1, 0.15) is 10.4 Å². The Morgan fingerprint density at radius 1 is 1.25 bits per heavy atom. The van der Waals surface area contributed by atoms with Crippen molar-refractivity contribution in [3.63, 3.8) is 0 Å². The summed E-state index contributed by atoms with van der Waals surface area (Å²) in [7, 11) is 1.67. The fraction of sp³-hybridized carbons (Fsp3) is 0.350. The van der Waals surface area contributed by atoms with Crippen molar-refractivity contribution in [3.8, 4) is 5.75 Å². The maximum absolute atomic E-state index is 12.9. The average molecular weight is 415 g/mol. The number of benzene rings is 1. The molecule has 0 atom stereocenters. The number of aromatic nitrogens is 4. The highest BCUT2D eigenvalue weighted by Gasteiger charge is 2.18. The molecular weight excluding hydrogens is 392 g/mol. The molecule has 4 aromatic rings. The average Bonchev–Trinajstić information content (AvgIpc) is 3.33. The summed E-state index contributed by atoms with van der Waals surface area (Å²) in [4.78, 5) is 12.9. The number of hydrogen-bond acceptors (Lipinski definition) is 6. The van der Waals surface area contributed by atoms with Crippen molar-refractivity contribution in [2.45, 2.75) is 37.7 Å². The van der Waals surface area contributed by atoms with E-state index in [1.54, 1.807) is 23.4 Å². The van der Waals surface area contributed by atoms with Gasteiger partial charge in [0.05, 0.1) is 12.6 Å². The molecule has 4 rings (SSSR count). The summed E-state index contributed by atoms with van der Waals surface area (Å²) in [5.74, 6) is 2.71. The lowest BCUT2D eigenvalue weighted by Gasteiger charge is -2.10. The third-order valence-corrected chi connectivity index (χ3v) is 6.51. The zero-order valence-electron chi connectivity index (χ0n) is 16.1. The van der Waals surface area contributed by atoms with Gasteiger partial charge < -0.3 is 4.74 Å². The van der Waals surface area contributed by atoms with Crippen LogP contribution in [0.1, 0.15) is 25.8 Å². The Labute approximate surface area is 171 Å². The number of ether oxygens (including phenoxy) is 1. The summed E-state index contributed by atoms with van der Waals surface area (Å²) in [6, 6.07) is 9.98. The normalized spacial score (nSPS) is 11.7. The highest BCUT2D eigenvalue weighted by molar-refractivity contribution is 7.98. The molecule has 0 spiro atoms. The van der Waals surface area contributed by atoms with Gasteiger partial charge in [-0.25, -0.2) is 0 Å². The number of methoxy groups -OCH3 is 1. The minimum absolute atomic E-state index is 0.0231. The molecule has 28 heavy (non-hydrogen) atoms. The Kier molecular flexibility index (Phi) is 5.41. The molecule has 3 aromatic heterocycles. The van der Waals surface area contributed by atoms with Crippen LogP contribution in [0.25, 0.3) is 16.0 Å². The summed E-state index contributed by atoms with van der Waals surface area (Å²) in [6.07, 6.45) is 0.922. The Balaban J connectivity index is 1.74. The van der Waals surface area contributed by atoms with Crippen LogP contribution >= 0.6 is 23.1 Å². The van der Waals surface area contributed by atoms with Crippen LogP contribution in [0.3, 0.4) is 0 Å². The maximum atomic E-state index is 12.9. The molecule has 0 amide bonds. The summed E-state index contributed by atoms with van der Waals surface area (Å²) < 4.78 is 9.83. The maximum Gasteiger partial charge on any atom is 0.272 e. The highest BCUT2D eigenvalue weighted by Crippen LogP contribution is 2.27. The number of hydrogen-bond donors (Lipinski definition) is 0. The highest BCUT2D eigenvalue weighted by atomic mass is 32.2. The first kappa shape index (κ1) is 19.0. The largest absolute Gasteiger partial charge is 0.497 e. The number of rotatable bonds is 7. The SMILES string of the molecule is COc1cccc(CSc2nnc3n(CCC(C)C)c(=O)c4sccc4n23)c1. The molecule has 0 radical (unpaired) electrons. The van der Waals surface area contributed by atoms with Gasteiger partial charge in [-0.05, 0) is 41.5 Å². The van der Waals surface area contributed by atoms with E-state index in [1.165, 1.54) is 11.3 Å². The van der Waals surface area contributed by atoms with Crippen LogP contribution in [0.2, 0.25) is 0 Å². The summed E-state index contributed by atoms with van der Waals surface area (Å²) in [5.41, 5.74) is 2.05. The predicted molar refractivity (Wildman–Crippen MR) is 115 cm³/mol. The van der Waals surface area contributed by atoms with E-state index in [0.717, 1.165) is 38.9 Å². The van der Waals surface area contributed by atoms with E-state index < -0.39 is 0 Å². The molecule has 0 unspecified atom stereocenters. The van der Waals surface area contributed by atoms with E-state index in [9.17, 15) is 4.79 Å². The molecule has 3 heterocycles. The van der Waals surface area contributed by atoms with E-state index in [4.69, 9.17) is 4.74 Å². The van der Waals surface area contributed by atoms with Crippen molar-refractivity contribution >= 4 is 39.1 Å². The molecule has 6 nitrogen and oxygen atoms in total. The first-order valence-electron chi connectivity index (χ1n) is 9.19. The Hall–Kier alpha value is -2.32. The molecule has 0 aliphatic heterocycles. The fourth-order valence-electron chi connectivity index (χ4n) is 3.09. The Bertz CT molecular complexity index is 1180. The van der Waals surface area contributed by atoms with Gasteiger partial charge in [-0.1, -0.05) is 37.7 Å². The second-order valence-electron chi connectivity index (χ2n) is 7.03. The first-order chi connectivity index (χ1) is 13.6. The summed E-state index contributed by atoms with van der Waals surface area (Å²) in [6.45, 7) is 4.96. The van der Waals surface area contributed by atoms with Crippen LogP contribution in [0.4, 0.5) is 0 Å². The molecule has 1 aromatic carbocycles. The topological polar surface area (TPSA) is 61.4 Å². The molecule has 0 saturated carbocycles. The van der Waals surface area contributed by atoms with E-state index in [0.29, 0.717) is 18.2 Å². The fourth-order valence-corrected chi connectivity index (χ4v) is 4.80. The Morgan fingerprint density at radius 2 is 2.11 bits per heavy atom. The molecule has 0 bridgehead atoms. The van der Waals surface area contributed by atoms with E-state index in [1.807, 2.05) is 34.0 Å². The second kappa shape index (κ2) is 7.97. The third-order valence-electron chi connectivity index (χ3n) is 4.61. The quantitative estimate of drug-likeness (QED) is 0.418. The minimum Gasteiger partial charge on any atom is -0.497 e. The molecule has 8 heteroatoms. The molecule has 146 valence electrons. The van der Waals surface area contributed by atoms with Gasteiger partial charge in [-0.15, -0.1) is 21.5 Å². The molecule has 0 aliphatic rings. The van der Waals surface area contributed by atoms with Crippen molar-refractivity contribution < 1.29 is 4.74 Å². The van der Waals surface area contributed by atoms with Gasteiger partial charge in [-0.2, -0.15) is 0 Å². The van der Waals surface area contributed by atoms with Crippen LogP contribution in [0, 0.1) is 5.92 Å². The zero-order valence-corrected chi connectivity index (χ0v) is 17.7. The lowest BCUT2D eigenvalue weighted by atomic mass is 10.1. The van der Waals surface area contributed by atoms with Crippen molar-refractivity contribution in [1.82, 2.24) is 19.2 Å². The lowest BCUT2D eigenvalue weighted by molar-refractivity contribution is 0.414. The standard InChI is InChI=1S/C20H22N4O2S2/c1-13(2)7-9-23-18(25)17-16(8-10-27-17)24-19(23)21-22-20(24)28-12-14-5-4-6-15(11-14)26-3/h4-6,8,10-11,13H,7,9,12H2,1-3H3. The van der Waals surface area contributed by atoms with Gasteiger partial charge in [0.15, 0.2) is 5.16 Å². The van der Waals surface area contributed by atoms with Crippen LogP contribution in [0.15, 0.2) is 45.7 Å². The van der Waals surface area contributed by atoms with Crippen molar-refractivity contribution in [2.75, 3.05) is 7.11 Å². The van der Waals surface area contributed by atoms with Gasteiger partial charge in [-0.3, -0.25) is 13.8 Å². The smallest absolute Gasteiger partial charge is 0.272 e. The molecule has 0 aliphatic carbocycles. The number of aryl methyl sites for hydroxylation is 1. The van der Waals surface area contributed by atoms with Crippen molar-refractivity contribution in [3.05, 3.63) is 51.6 Å². The van der Waals surface area contributed by atoms with Gasteiger partial charge in [0, 0.05) is 12.3 Å². The van der Waals surface area contributed by atoms with Crippen LogP contribution in [-0.2, 0) is 12.3 Å². The molecule has 0 fully saturated rings. The second-order valence-corrected chi connectivity index (χ2v) is 8.89. The van der Waals surface area contributed by atoms with Gasteiger partial charge in [0.25, 0.3) is 5.56 Å². The summed E-state index contributed by atoms with van der Waals surface area (Å²) in [5, 5.41) is 11.5. The molecular formula is C20H22N4O2S2. The minimum atomic E-state index is 0.0231. The number of nitrogens with zero attached hydrogens (tertiary/aromatic N) is 4. The lowest BCUT2D eigenvalue weighted by Crippen LogP contribution is -2.23. The Morgan fingerprint density at radius 3 is 2.89 bits per heavy atom. The van der Waals surface area contributed by atoms with Crippen LogP contribution < -0.4 is 10.3 Å². The number of fused-ring (bicyclic) bond motifs is 3.